The molecule has 1 aliphatic heterocycles. The highest BCUT2D eigenvalue weighted by atomic mass is 16.5. The Morgan fingerprint density at radius 3 is 2.50 bits per heavy atom. The minimum absolute atomic E-state index is 0.205. The molecule has 0 saturated carbocycles. The van der Waals surface area contributed by atoms with E-state index in [2.05, 4.69) is 5.10 Å². The van der Waals surface area contributed by atoms with Crippen LogP contribution in [0.2, 0.25) is 0 Å². The van der Waals surface area contributed by atoms with Crippen molar-refractivity contribution in [2.75, 3.05) is 14.2 Å². The molecule has 28 heavy (non-hydrogen) atoms. The Balaban J connectivity index is 1.69. The minimum Gasteiger partial charge on any atom is -0.497 e. The number of hydrogen-bond acceptors (Lipinski definition) is 5. The molecule has 2 aromatic carbocycles. The molecule has 0 unspecified atom stereocenters. The smallest absolute Gasteiger partial charge is 0.274 e. The quantitative estimate of drug-likeness (QED) is 0.666. The Kier molecular flexibility index (Phi) is 4.85. The Morgan fingerprint density at radius 2 is 1.82 bits per heavy atom. The second-order valence-electron chi connectivity index (χ2n) is 6.39. The third kappa shape index (κ3) is 3.36. The second kappa shape index (κ2) is 7.60. The van der Waals surface area contributed by atoms with Crippen molar-refractivity contribution in [2.24, 2.45) is 5.10 Å². The van der Waals surface area contributed by atoms with E-state index in [0.29, 0.717) is 23.5 Å². The molecule has 3 aromatic rings. The first-order chi connectivity index (χ1) is 13.7. The van der Waals surface area contributed by atoms with Gasteiger partial charge in [-0.25, -0.2) is 5.01 Å². The number of hydrazone groups is 1. The van der Waals surface area contributed by atoms with Crippen LogP contribution in [-0.2, 0) is 0 Å². The molecule has 6 heteroatoms. The molecule has 0 spiro atoms. The van der Waals surface area contributed by atoms with Crippen molar-refractivity contribution in [1.82, 2.24) is 5.01 Å². The van der Waals surface area contributed by atoms with E-state index in [1.54, 1.807) is 44.7 Å². The van der Waals surface area contributed by atoms with Crippen LogP contribution in [0.5, 0.6) is 11.5 Å². The highest BCUT2D eigenvalue weighted by Crippen LogP contribution is 2.34. The fourth-order valence-corrected chi connectivity index (χ4v) is 3.25. The van der Waals surface area contributed by atoms with Crippen molar-refractivity contribution in [1.29, 1.82) is 0 Å². The second-order valence-corrected chi connectivity index (χ2v) is 6.39. The molecule has 0 fully saturated rings. The molecule has 0 radical (unpaired) electrons. The zero-order chi connectivity index (χ0) is 19.5. The number of ether oxygens (including phenoxy) is 2. The number of amides is 1. The van der Waals surface area contributed by atoms with Crippen LogP contribution in [0.3, 0.4) is 0 Å². The summed E-state index contributed by atoms with van der Waals surface area (Å²) >= 11 is 0. The molecule has 1 atom stereocenters. The van der Waals surface area contributed by atoms with E-state index < -0.39 is 0 Å². The summed E-state index contributed by atoms with van der Waals surface area (Å²) in [6, 6.07) is 18.1. The molecule has 0 bridgehead atoms. The number of nitrogens with zero attached hydrogens (tertiary/aromatic N) is 2. The van der Waals surface area contributed by atoms with Gasteiger partial charge in [-0.15, -0.1) is 0 Å². The van der Waals surface area contributed by atoms with Crippen LogP contribution in [0.25, 0.3) is 0 Å². The number of benzene rings is 2. The van der Waals surface area contributed by atoms with Crippen molar-refractivity contribution in [3.8, 4) is 11.5 Å². The summed E-state index contributed by atoms with van der Waals surface area (Å²) in [4.78, 5) is 13.2. The molecule has 0 N–H and O–H groups in total. The third-order valence-electron chi connectivity index (χ3n) is 4.73. The van der Waals surface area contributed by atoms with Gasteiger partial charge in [0, 0.05) is 12.0 Å². The van der Waals surface area contributed by atoms with Crippen LogP contribution in [0.4, 0.5) is 0 Å². The maximum absolute atomic E-state index is 13.2. The van der Waals surface area contributed by atoms with Crippen molar-refractivity contribution >= 4 is 11.6 Å². The van der Waals surface area contributed by atoms with Gasteiger partial charge in [0.2, 0.25) is 0 Å². The lowest BCUT2D eigenvalue weighted by Crippen LogP contribution is -2.26. The van der Waals surface area contributed by atoms with Crippen LogP contribution in [-0.4, -0.2) is 30.8 Å². The predicted molar refractivity (Wildman–Crippen MR) is 105 cm³/mol. The largest absolute Gasteiger partial charge is 0.497 e. The van der Waals surface area contributed by atoms with Gasteiger partial charge in [-0.3, -0.25) is 4.79 Å². The molecule has 1 amide bonds. The van der Waals surface area contributed by atoms with Crippen molar-refractivity contribution in [2.45, 2.75) is 12.5 Å². The average Bonchev–Trinajstić information content (AvgIpc) is 3.43. The van der Waals surface area contributed by atoms with Crippen LogP contribution < -0.4 is 9.47 Å². The van der Waals surface area contributed by atoms with Crippen LogP contribution >= 0.6 is 0 Å². The molecule has 0 saturated heterocycles. The zero-order valence-electron chi connectivity index (χ0n) is 15.7. The van der Waals surface area contributed by atoms with Gasteiger partial charge < -0.3 is 13.9 Å². The standard InChI is InChI=1S/C22H20N2O4/c1-26-17-10-8-15(9-11-17)19-14-20(21-7-4-12-28-21)24(23-19)22(25)16-5-3-6-18(13-16)27-2/h3-13,20H,14H2,1-2H3/t20-/m0/s1. The van der Waals surface area contributed by atoms with Gasteiger partial charge in [0.15, 0.2) is 0 Å². The van der Waals surface area contributed by atoms with Crippen LogP contribution in [0, 0.1) is 0 Å². The first-order valence-corrected chi connectivity index (χ1v) is 8.92. The third-order valence-corrected chi connectivity index (χ3v) is 4.73. The predicted octanol–water partition coefficient (Wildman–Crippen LogP) is 4.29. The monoisotopic (exact) mass is 376 g/mol. The molecular weight excluding hydrogens is 356 g/mol. The van der Waals surface area contributed by atoms with Gasteiger partial charge in [0.05, 0.1) is 26.2 Å². The van der Waals surface area contributed by atoms with Crippen LogP contribution in [0.15, 0.2) is 76.4 Å². The molecule has 4 rings (SSSR count). The fraction of sp³-hybridized carbons (Fsp3) is 0.182. The normalized spacial score (nSPS) is 16.0. The Labute approximate surface area is 163 Å². The molecule has 142 valence electrons. The van der Waals surface area contributed by atoms with E-state index in [1.165, 1.54) is 5.01 Å². The maximum atomic E-state index is 13.2. The summed E-state index contributed by atoms with van der Waals surface area (Å²) in [6.45, 7) is 0. The molecular formula is C22H20N2O4. The van der Waals surface area contributed by atoms with Gasteiger partial charge in [-0.2, -0.15) is 5.10 Å². The van der Waals surface area contributed by atoms with Crippen LogP contribution in [0.1, 0.15) is 34.1 Å². The summed E-state index contributed by atoms with van der Waals surface area (Å²) in [7, 11) is 3.20. The van der Waals surface area contributed by atoms with Crippen molar-refractivity contribution in [3.63, 3.8) is 0 Å². The number of furan rings is 1. The Bertz CT molecular complexity index is 994. The van der Waals surface area contributed by atoms with E-state index in [0.717, 1.165) is 17.0 Å². The molecule has 2 heterocycles. The topological polar surface area (TPSA) is 64.3 Å². The molecule has 1 aliphatic rings. The van der Waals surface area contributed by atoms with Gasteiger partial charge in [0.25, 0.3) is 5.91 Å². The van der Waals surface area contributed by atoms with E-state index in [9.17, 15) is 4.79 Å². The van der Waals surface area contributed by atoms with Gasteiger partial charge in [-0.05, 0) is 60.2 Å². The van der Waals surface area contributed by atoms with E-state index in [-0.39, 0.29) is 11.9 Å². The molecule has 0 aliphatic carbocycles. The lowest BCUT2D eigenvalue weighted by molar-refractivity contribution is 0.0692. The number of carbonyl (C=O) groups excluding carboxylic acids is 1. The van der Waals surface area contributed by atoms with E-state index in [1.807, 2.05) is 36.4 Å². The summed E-state index contributed by atoms with van der Waals surface area (Å²) in [5, 5.41) is 6.14. The summed E-state index contributed by atoms with van der Waals surface area (Å²) < 4.78 is 16.0. The van der Waals surface area contributed by atoms with Crippen molar-refractivity contribution < 1.29 is 18.7 Å². The zero-order valence-corrected chi connectivity index (χ0v) is 15.7. The average molecular weight is 376 g/mol. The summed E-state index contributed by atoms with van der Waals surface area (Å²) in [5.41, 5.74) is 2.27. The van der Waals surface area contributed by atoms with Gasteiger partial charge in [-0.1, -0.05) is 6.07 Å². The Morgan fingerprint density at radius 1 is 1.04 bits per heavy atom. The van der Waals surface area contributed by atoms with Crippen molar-refractivity contribution in [3.05, 3.63) is 83.8 Å². The molecule has 1 aromatic heterocycles. The first kappa shape index (κ1) is 17.9. The number of methoxy groups -OCH3 is 2. The number of rotatable bonds is 5. The minimum atomic E-state index is -0.300. The van der Waals surface area contributed by atoms with E-state index >= 15 is 0 Å². The molecule has 6 nitrogen and oxygen atoms in total. The summed E-state index contributed by atoms with van der Waals surface area (Å²) in [6.07, 6.45) is 2.17. The highest BCUT2D eigenvalue weighted by Gasteiger charge is 2.35. The number of hydrogen-bond donors (Lipinski definition) is 0. The fourth-order valence-electron chi connectivity index (χ4n) is 3.25. The lowest BCUT2D eigenvalue weighted by atomic mass is 10.0. The van der Waals surface area contributed by atoms with Gasteiger partial charge in [0.1, 0.15) is 23.3 Å². The highest BCUT2D eigenvalue weighted by molar-refractivity contribution is 6.05. The lowest BCUT2D eigenvalue weighted by Gasteiger charge is -2.20. The maximum Gasteiger partial charge on any atom is 0.274 e. The Hall–Kier alpha value is -3.54. The number of carbonyl (C=O) groups is 1. The van der Waals surface area contributed by atoms with Gasteiger partial charge >= 0.3 is 0 Å². The van der Waals surface area contributed by atoms with E-state index in [4.69, 9.17) is 13.9 Å². The first-order valence-electron chi connectivity index (χ1n) is 8.92. The summed E-state index contributed by atoms with van der Waals surface area (Å²) in [5.74, 6) is 1.89. The SMILES string of the molecule is COc1ccc(C2=NN(C(=O)c3cccc(OC)c3)[C@H](c3ccco3)C2)cc1.